The Morgan fingerprint density at radius 2 is 2.00 bits per heavy atom. The quantitative estimate of drug-likeness (QED) is 0.808. The van der Waals surface area contributed by atoms with Crippen molar-refractivity contribution < 1.29 is 9.18 Å². The van der Waals surface area contributed by atoms with E-state index in [1.165, 1.54) is 6.07 Å². The summed E-state index contributed by atoms with van der Waals surface area (Å²) in [6.07, 6.45) is 2.25. The molecule has 2 rings (SSSR count). The summed E-state index contributed by atoms with van der Waals surface area (Å²) in [5, 5.41) is 2.77. The van der Waals surface area contributed by atoms with Gasteiger partial charge in [-0.2, -0.15) is 0 Å². The van der Waals surface area contributed by atoms with Crippen LogP contribution in [0.2, 0.25) is 0 Å². The van der Waals surface area contributed by atoms with Gasteiger partial charge in [0, 0.05) is 5.69 Å². The number of aryl methyl sites for hydroxylation is 1. The van der Waals surface area contributed by atoms with E-state index < -0.39 is 0 Å². The molecule has 1 unspecified atom stereocenters. The Bertz CT molecular complexity index is 637. The molecule has 2 aromatic carbocycles. The lowest BCUT2D eigenvalue weighted by molar-refractivity contribution is -0.117. The number of halogens is 1. The molecule has 3 heteroatoms. The minimum absolute atomic E-state index is 0.163. The third kappa shape index (κ3) is 3.78. The van der Waals surface area contributed by atoms with E-state index in [-0.39, 0.29) is 17.6 Å². The van der Waals surface area contributed by atoms with E-state index in [4.69, 9.17) is 0 Å². The highest BCUT2D eigenvalue weighted by Crippen LogP contribution is 2.23. The summed E-state index contributed by atoms with van der Waals surface area (Å²) < 4.78 is 13.5. The van der Waals surface area contributed by atoms with Crippen LogP contribution in [0.15, 0.2) is 61.2 Å². The maximum Gasteiger partial charge on any atom is 0.232 e. The molecular formula is C18H18FNO. The number of hydrogen-bond acceptors (Lipinski definition) is 1. The van der Waals surface area contributed by atoms with Crippen molar-refractivity contribution in [2.24, 2.45) is 0 Å². The third-order valence-corrected chi connectivity index (χ3v) is 3.36. The van der Waals surface area contributed by atoms with Crippen molar-refractivity contribution in [3.63, 3.8) is 0 Å². The van der Waals surface area contributed by atoms with Crippen LogP contribution < -0.4 is 5.32 Å². The number of allylic oxidation sites excluding steroid dienone is 1. The van der Waals surface area contributed by atoms with Gasteiger partial charge < -0.3 is 5.32 Å². The molecule has 0 spiro atoms. The Hall–Kier alpha value is -2.42. The van der Waals surface area contributed by atoms with Gasteiger partial charge in [-0.25, -0.2) is 4.39 Å². The number of anilines is 1. The molecule has 21 heavy (non-hydrogen) atoms. The lowest BCUT2D eigenvalue weighted by Crippen LogP contribution is -2.21. The summed E-state index contributed by atoms with van der Waals surface area (Å²) in [4.78, 5) is 12.4. The molecule has 108 valence electrons. The van der Waals surface area contributed by atoms with Crippen molar-refractivity contribution in [1.82, 2.24) is 0 Å². The summed E-state index contributed by atoms with van der Waals surface area (Å²) in [6.45, 7) is 5.39. The molecule has 2 nitrogen and oxygen atoms in total. The van der Waals surface area contributed by atoms with Crippen LogP contribution in [-0.2, 0) is 4.79 Å². The van der Waals surface area contributed by atoms with Crippen molar-refractivity contribution in [2.75, 3.05) is 5.32 Å². The zero-order valence-corrected chi connectivity index (χ0v) is 12.0. The summed E-state index contributed by atoms with van der Waals surface area (Å²) in [7, 11) is 0. The molecule has 0 saturated heterocycles. The molecule has 0 radical (unpaired) electrons. The zero-order chi connectivity index (χ0) is 15.2. The first kappa shape index (κ1) is 15.0. The van der Waals surface area contributed by atoms with Gasteiger partial charge in [0.05, 0.1) is 5.92 Å². The smallest absolute Gasteiger partial charge is 0.232 e. The molecule has 0 saturated carbocycles. The number of amides is 1. The van der Waals surface area contributed by atoms with Gasteiger partial charge in [-0.1, -0.05) is 42.5 Å². The molecule has 0 fully saturated rings. The number of carbonyl (C=O) groups is 1. The van der Waals surface area contributed by atoms with Gasteiger partial charge in [-0.3, -0.25) is 4.79 Å². The first-order valence-electron chi connectivity index (χ1n) is 6.84. The molecule has 0 aliphatic heterocycles. The Kier molecular flexibility index (Phi) is 4.88. The van der Waals surface area contributed by atoms with E-state index in [0.717, 1.165) is 5.56 Å². The fourth-order valence-corrected chi connectivity index (χ4v) is 2.15. The SMILES string of the molecule is C=CCC(C(=O)Nc1ccc(C)c(F)c1)c1ccccc1. The maximum absolute atomic E-state index is 13.5. The molecule has 2 aromatic rings. The standard InChI is InChI=1S/C18H18FNO/c1-3-7-16(14-8-5-4-6-9-14)18(21)20-15-11-10-13(2)17(19)12-15/h3-6,8-12,16H,1,7H2,2H3,(H,20,21). The monoisotopic (exact) mass is 283 g/mol. The fraction of sp³-hybridized carbons (Fsp3) is 0.167. The van der Waals surface area contributed by atoms with Crippen LogP contribution in [-0.4, -0.2) is 5.91 Å². The summed E-state index contributed by atoms with van der Waals surface area (Å²) in [5.41, 5.74) is 1.94. The molecular weight excluding hydrogens is 265 g/mol. The lowest BCUT2D eigenvalue weighted by atomic mass is 9.95. The number of carbonyl (C=O) groups excluding carboxylic acids is 1. The lowest BCUT2D eigenvalue weighted by Gasteiger charge is -2.16. The van der Waals surface area contributed by atoms with Gasteiger partial charge in [0.25, 0.3) is 0 Å². The van der Waals surface area contributed by atoms with Crippen LogP contribution in [0.4, 0.5) is 10.1 Å². The average Bonchev–Trinajstić information content (AvgIpc) is 2.49. The zero-order valence-electron chi connectivity index (χ0n) is 12.0. The van der Waals surface area contributed by atoms with Crippen molar-refractivity contribution >= 4 is 11.6 Å². The molecule has 1 amide bonds. The normalized spacial score (nSPS) is 11.7. The van der Waals surface area contributed by atoms with Crippen LogP contribution in [0, 0.1) is 12.7 Å². The number of rotatable bonds is 5. The Balaban J connectivity index is 2.19. The Labute approximate surface area is 124 Å². The Morgan fingerprint density at radius 3 is 2.62 bits per heavy atom. The van der Waals surface area contributed by atoms with E-state index in [2.05, 4.69) is 11.9 Å². The van der Waals surface area contributed by atoms with Crippen molar-refractivity contribution in [1.29, 1.82) is 0 Å². The van der Waals surface area contributed by atoms with E-state index in [1.54, 1.807) is 25.1 Å². The first-order chi connectivity index (χ1) is 10.1. The second-order valence-electron chi connectivity index (χ2n) is 4.94. The van der Waals surface area contributed by atoms with Gasteiger partial charge >= 0.3 is 0 Å². The number of hydrogen-bond donors (Lipinski definition) is 1. The van der Waals surface area contributed by atoms with Crippen LogP contribution in [0.1, 0.15) is 23.5 Å². The van der Waals surface area contributed by atoms with E-state index in [1.807, 2.05) is 30.3 Å². The van der Waals surface area contributed by atoms with Crippen molar-refractivity contribution in [2.45, 2.75) is 19.3 Å². The third-order valence-electron chi connectivity index (χ3n) is 3.36. The highest BCUT2D eigenvalue weighted by Gasteiger charge is 2.19. The van der Waals surface area contributed by atoms with Crippen molar-refractivity contribution in [3.05, 3.63) is 78.1 Å². The molecule has 1 N–H and O–H groups in total. The van der Waals surface area contributed by atoms with Crippen LogP contribution in [0.5, 0.6) is 0 Å². The highest BCUT2D eigenvalue weighted by molar-refractivity contribution is 5.96. The summed E-state index contributed by atoms with van der Waals surface area (Å²) in [6, 6.07) is 14.2. The largest absolute Gasteiger partial charge is 0.325 e. The molecule has 0 bridgehead atoms. The van der Waals surface area contributed by atoms with E-state index >= 15 is 0 Å². The van der Waals surface area contributed by atoms with Gasteiger partial charge in [-0.05, 0) is 36.6 Å². The second-order valence-corrected chi connectivity index (χ2v) is 4.94. The Morgan fingerprint density at radius 1 is 1.29 bits per heavy atom. The summed E-state index contributed by atoms with van der Waals surface area (Å²) >= 11 is 0. The molecule has 0 heterocycles. The second kappa shape index (κ2) is 6.84. The van der Waals surface area contributed by atoms with E-state index in [0.29, 0.717) is 17.7 Å². The molecule has 0 aliphatic rings. The fourth-order valence-electron chi connectivity index (χ4n) is 2.15. The minimum atomic E-state index is -0.326. The molecule has 0 aliphatic carbocycles. The van der Waals surface area contributed by atoms with Crippen molar-refractivity contribution in [3.8, 4) is 0 Å². The maximum atomic E-state index is 13.5. The summed E-state index contributed by atoms with van der Waals surface area (Å²) in [5.74, 6) is -0.815. The van der Waals surface area contributed by atoms with E-state index in [9.17, 15) is 9.18 Å². The molecule has 1 atom stereocenters. The first-order valence-corrected chi connectivity index (χ1v) is 6.84. The predicted molar refractivity (Wildman–Crippen MR) is 83.8 cm³/mol. The van der Waals surface area contributed by atoms with Gasteiger partial charge in [0.1, 0.15) is 5.82 Å². The topological polar surface area (TPSA) is 29.1 Å². The predicted octanol–water partition coefficient (Wildman–Crippen LogP) is 4.43. The van der Waals surface area contributed by atoms with Gasteiger partial charge in [-0.15, -0.1) is 6.58 Å². The average molecular weight is 283 g/mol. The van der Waals surface area contributed by atoms with Crippen LogP contribution in [0.3, 0.4) is 0 Å². The van der Waals surface area contributed by atoms with Gasteiger partial charge in [0.15, 0.2) is 0 Å². The minimum Gasteiger partial charge on any atom is -0.325 e. The number of nitrogens with one attached hydrogen (secondary N) is 1. The molecule has 0 aromatic heterocycles. The van der Waals surface area contributed by atoms with Crippen LogP contribution >= 0.6 is 0 Å². The highest BCUT2D eigenvalue weighted by atomic mass is 19.1. The van der Waals surface area contributed by atoms with Gasteiger partial charge in [0.2, 0.25) is 5.91 Å². The number of benzene rings is 2. The van der Waals surface area contributed by atoms with Crippen LogP contribution in [0.25, 0.3) is 0 Å².